The van der Waals surface area contributed by atoms with Gasteiger partial charge in [-0.2, -0.15) is 5.10 Å². The molecule has 140 valence electrons. The Morgan fingerprint density at radius 2 is 2.04 bits per heavy atom. The molecule has 1 unspecified atom stereocenters. The molecule has 3 heterocycles. The fourth-order valence-electron chi connectivity index (χ4n) is 3.54. The molecule has 1 aromatic rings. The summed E-state index contributed by atoms with van der Waals surface area (Å²) in [5.41, 5.74) is 0.960. The summed E-state index contributed by atoms with van der Waals surface area (Å²) in [4.78, 5) is 17.2. The van der Waals surface area contributed by atoms with Gasteiger partial charge in [-0.05, 0) is 43.8 Å². The molecule has 0 bridgehead atoms. The quantitative estimate of drug-likeness (QED) is 0.905. The van der Waals surface area contributed by atoms with Gasteiger partial charge in [0.2, 0.25) is 0 Å². The van der Waals surface area contributed by atoms with Gasteiger partial charge < -0.3 is 10.2 Å². The smallest absolute Gasteiger partial charge is 0.274 e. The fraction of sp³-hybridized carbons (Fsp3) is 0.789. The number of rotatable bonds is 4. The van der Waals surface area contributed by atoms with Crippen LogP contribution in [0.3, 0.4) is 0 Å². The molecule has 6 nitrogen and oxygen atoms in total. The van der Waals surface area contributed by atoms with Crippen LogP contribution in [0.25, 0.3) is 0 Å². The van der Waals surface area contributed by atoms with Crippen molar-refractivity contribution in [1.82, 2.24) is 24.9 Å². The van der Waals surface area contributed by atoms with Crippen LogP contribution in [-0.4, -0.2) is 71.3 Å². The van der Waals surface area contributed by atoms with Gasteiger partial charge in [0.1, 0.15) is 5.69 Å². The highest BCUT2D eigenvalue weighted by Gasteiger charge is 2.25. The standard InChI is InChI=1S/C19H33N5O/c1-19(2,3)7-10-22-11-13-23(14-12-22)18(25)17-6-9-24(21-17)16-5-4-8-20-15-16/h6,9,16,20H,4-5,7-8,10-15H2,1-3H3. The summed E-state index contributed by atoms with van der Waals surface area (Å²) >= 11 is 0. The molecule has 2 saturated heterocycles. The van der Waals surface area contributed by atoms with Crippen molar-refractivity contribution in [1.29, 1.82) is 0 Å². The topological polar surface area (TPSA) is 53.4 Å². The Hall–Kier alpha value is -1.40. The molecule has 1 atom stereocenters. The van der Waals surface area contributed by atoms with Crippen molar-refractivity contribution in [2.75, 3.05) is 45.8 Å². The monoisotopic (exact) mass is 347 g/mol. The fourth-order valence-corrected chi connectivity index (χ4v) is 3.54. The third-order valence-electron chi connectivity index (χ3n) is 5.31. The molecule has 2 aliphatic rings. The number of nitrogens with zero attached hydrogens (tertiary/aromatic N) is 4. The van der Waals surface area contributed by atoms with Crippen LogP contribution in [-0.2, 0) is 0 Å². The number of hydrogen-bond donors (Lipinski definition) is 1. The molecule has 1 amide bonds. The molecule has 1 N–H and O–H groups in total. The Morgan fingerprint density at radius 3 is 2.68 bits per heavy atom. The Morgan fingerprint density at radius 1 is 1.28 bits per heavy atom. The van der Waals surface area contributed by atoms with E-state index in [-0.39, 0.29) is 5.91 Å². The van der Waals surface area contributed by atoms with Gasteiger partial charge in [0.05, 0.1) is 6.04 Å². The third-order valence-corrected chi connectivity index (χ3v) is 5.31. The Balaban J connectivity index is 1.50. The van der Waals surface area contributed by atoms with E-state index in [9.17, 15) is 4.79 Å². The normalized spacial score (nSPS) is 23.0. The Labute approximate surface area is 151 Å². The molecule has 1 aromatic heterocycles. The minimum Gasteiger partial charge on any atom is -0.335 e. The molecule has 0 spiro atoms. The number of aromatic nitrogens is 2. The first-order chi connectivity index (χ1) is 11.9. The summed E-state index contributed by atoms with van der Waals surface area (Å²) < 4.78 is 1.97. The molecular formula is C19H33N5O. The minimum absolute atomic E-state index is 0.0815. The van der Waals surface area contributed by atoms with Gasteiger partial charge in [0.25, 0.3) is 5.91 Å². The van der Waals surface area contributed by atoms with Crippen LogP contribution in [0.4, 0.5) is 0 Å². The van der Waals surface area contributed by atoms with Crippen molar-refractivity contribution in [2.24, 2.45) is 5.41 Å². The molecule has 2 aliphatic heterocycles. The predicted molar refractivity (Wildman–Crippen MR) is 99.8 cm³/mol. The Kier molecular flexibility index (Phi) is 5.79. The first kappa shape index (κ1) is 18.4. The van der Waals surface area contributed by atoms with Crippen molar-refractivity contribution < 1.29 is 4.79 Å². The van der Waals surface area contributed by atoms with Crippen molar-refractivity contribution in [2.45, 2.75) is 46.1 Å². The molecule has 0 radical (unpaired) electrons. The number of carbonyl (C=O) groups excluding carboxylic acids is 1. The number of piperazine rings is 1. The van der Waals surface area contributed by atoms with Crippen LogP contribution in [0, 0.1) is 5.41 Å². The van der Waals surface area contributed by atoms with E-state index in [0.717, 1.165) is 52.2 Å². The highest BCUT2D eigenvalue weighted by atomic mass is 16.2. The lowest BCUT2D eigenvalue weighted by molar-refractivity contribution is 0.0616. The van der Waals surface area contributed by atoms with E-state index in [1.807, 2.05) is 21.8 Å². The van der Waals surface area contributed by atoms with Gasteiger partial charge in [-0.1, -0.05) is 20.8 Å². The van der Waals surface area contributed by atoms with E-state index in [1.165, 1.54) is 12.8 Å². The third kappa shape index (κ3) is 5.05. The second-order valence-corrected chi connectivity index (χ2v) is 8.63. The lowest BCUT2D eigenvalue weighted by Crippen LogP contribution is -2.49. The highest BCUT2D eigenvalue weighted by molar-refractivity contribution is 5.92. The SMILES string of the molecule is CC(C)(C)CCN1CCN(C(=O)c2ccn(C3CCCNC3)n2)CC1. The largest absolute Gasteiger partial charge is 0.335 e. The Bertz CT molecular complexity index is 563. The van der Waals surface area contributed by atoms with Crippen LogP contribution in [0.2, 0.25) is 0 Å². The maximum atomic E-state index is 12.7. The molecule has 25 heavy (non-hydrogen) atoms. The van der Waals surface area contributed by atoms with Gasteiger partial charge in [-0.15, -0.1) is 0 Å². The van der Waals surface area contributed by atoms with Gasteiger partial charge in [-0.25, -0.2) is 0 Å². The average Bonchev–Trinajstić information content (AvgIpc) is 3.10. The summed E-state index contributed by atoms with van der Waals surface area (Å²) in [6, 6.07) is 2.26. The summed E-state index contributed by atoms with van der Waals surface area (Å²) in [6.45, 7) is 13.5. The molecule has 0 aliphatic carbocycles. The van der Waals surface area contributed by atoms with E-state index in [1.54, 1.807) is 0 Å². The summed E-state index contributed by atoms with van der Waals surface area (Å²) in [5.74, 6) is 0.0815. The zero-order chi connectivity index (χ0) is 17.9. The molecule has 0 aromatic carbocycles. The highest BCUT2D eigenvalue weighted by Crippen LogP contribution is 2.20. The molecular weight excluding hydrogens is 314 g/mol. The first-order valence-corrected chi connectivity index (χ1v) is 9.70. The molecule has 3 rings (SSSR count). The minimum atomic E-state index is 0.0815. The van der Waals surface area contributed by atoms with Crippen molar-refractivity contribution in [3.8, 4) is 0 Å². The number of piperidine rings is 1. The number of hydrogen-bond acceptors (Lipinski definition) is 4. The van der Waals surface area contributed by atoms with Crippen LogP contribution < -0.4 is 5.32 Å². The predicted octanol–water partition coefficient (Wildman–Crippen LogP) is 2.00. The van der Waals surface area contributed by atoms with E-state index in [4.69, 9.17) is 0 Å². The maximum Gasteiger partial charge on any atom is 0.274 e. The lowest BCUT2D eigenvalue weighted by Gasteiger charge is -2.35. The number of amides is 1. The van der Waals surface area contributed by atoms with Crippen LogP contribution >= 0.6 is 0 Å². The zero-order valence-corrected chi connectivity index (χ0v) is 16.0. The zero-order valence-electron chi connectivity index (χ0n) is 16.0. The first-order valence-electron chi connectivity index (χ1n) is 9.70. The van der Waals surface area contributed by atoms with Crippen LogP contribution in [0.1, 0.15) is 56.6 Å². The molecule has 0 saturated carbocycles. The average molecular weight is 348 g/mol. The lowest BCUT2D eigenvalue weighted by atomic mass is 9.92. The van der Waals surface area contributed by atoms with Gasteiger partial charge >= 0.3 is 0 Å². The van der Waals surface area contributed by atoms with Crippen molar-refractivity contribution >= 4 is 5.91 Å². The summed E-state index contributed by atoms with van der Waals surface area (Å²) in [7, 11) is 0. The van der Waals surface area contributed by atoms with Crippen molar-refractivity contribution in [3.63, 3.8) is 0 Å². The second-order valence-electron chi connectivity index (χ2n) is 8.63. The number of nitrogens with one attached hydrogen (secondary N) is 1. The van der Waals surface area contributed by atoms with Gasteiger partial charge in [-0.3, -0.25) is 14.4 Å². The maximum absolute atomic E-state index is 12.7. The van der Waals surface area contributed by atoms with Crippen LogP contribution in [0.5, 0.6) is 0 Å². The van der Waals surface area contributed by atoms with E-state index in [0.29, 0.717) is 17.2 Å². The molecule has 6 heteroatoms. The number of carbonyl (C=O) groups is 1. The summed E-state index contributed by atoms with van der Waals surface area (Å²) in [5, 5.41) is 7.97. The van der Waals surface area contributed by atoms with E-state index in [2.05, 4.69) is 36.1 Å². The van der Waals surface area contributed by atoms with Crippen molar-refractivity contribution in [3.05, 3.63) is 18.0 Å². The second kappa shape index (κ2) is 7.87. The molecule has 2 fully saturated rings. The van der Waals surface area contributed by atoms with Crippen LogP contribution in [0.15, 0.2) is 12.3 Å². The van der Waals surface area contributed by atoms with Gasteiger partial charge in [0.15, 0.2) is 0 Å². The van der Waals surface area contributed by atoms with E-state index >= 15 is 0 Å². The van der Waals surface area contributed by atoms with E-state index < -0.39 is 0 Å². The van der Waals surface area contributed by atoms with Gasteiger partial charge in [0, 0.05) is 38.9 Å². The summed E-state index contributed by atoms with van der Waals surface area (Å²) in [6.07, 6.45) is 5.46.